The Hall–Kier alpha value is -1.90. The number of hydrogen-bond acceptors (Lipinski definition) is 2. The van der Waals surface area contributed by atoms with Crippen LogP contribution in [0.4, 0.5) is 0 Å². The van der Waals surface area contributed by atoms with E-state index in [-0.39, 0.29) is 11.5 Å². The molecule has 2 aromatic carbocycles. The van der Waals surface area contributed by atoms with Crippen LogP contribution in [0.3, 0.4) is 0 Å². The molecule has 1 saturated carbocycles. The number of hydrogen-bond donors (Lipinski definition) is 1. The molecule has 1 fully saturated rings. The van der Waals surface area contributed by atoms with E-state index in [1.807, 2.05) is 13.0 Å². The molecule has 1 aliphatic carbocycles. The number of aryl methyl sites for hydroxylation is 1. The van der Waals surface area contributed by atoms with Crippen molar-refractivity contribution < 1.29 is 5.11 Å². The Kier molecular flexibility index (Phi) is 5.41. The van der Waals surface area contributed by atoms with Gasteiger partial charge in [-0.1, -0.05) is 66.2 Å². The lowest BCUT2D eigenvalue weighted by Crippen LogP contribution is -2.36. The number of rotatable bonds is 8. The van der Waals surface area contributed by atoms with Crippen molar-refractivity contribution in [1.29, 1.82) is 0 Å². The van der Waals surface area contributed by atoms with Gasteiger partial charge in [0.25, 0.3) is 0 Å². The predicted molar refractivity (Wildman–Crippen MR) is 104 cm³/mol. The highest BCUT2D eigenvalue weighted by Gasteiger charge is 2.56. The summed E-state index contributed by atoms with van der Waals surface area (Å²) in [6.07, 6.45) is 2.74. The van der Waals surface area contributed by atoms with Gasteiger partial charge in [0.05, 0.1) is 6.10 Å². The van der Waals surface area contributed by atoms with Crippen LogP contribution < -0.4 is 0 Å². The van der Waals surface area contributed by atoms with E-state index in [4.69, 9.17) is 0 Å². The molecule has 3 atom stereocenters. The van der Waals surface area contributed by atoms with Crippen molar-refractivity contribution in [2.24, 2.45) is 11.3 Å². The fourth-order valence-corrected chi connectivity index (χ4v) is 3.84. The Morgan fingerprint density at radius 1 is 1.12 bits per heavy atom. The van der Waals surface area contributed by atoms with Crippen LogP contribution >= 0.6 is 0 Å². The Morgan fingerprint density at radius 2 is 1.72 bits per heavy atom. The zero-order chi connectivity index (χ0) is 17.9. The van der Waals surface area contributed by atoms with Crippen LogP contribution in [-0.4, -0.2) is 22.7 Å². The van der Waals surface area contributed by atoms with E-state index in [1.54, 1.807) is 0 Å². The van der Waals surface area contributed by atoms with Gasteiger partial charge in [-0.15, -0.1) is 6.58 Å². The van der Waals surface area contributed by atoms with Crippen molar-refractivity contribution in [1.82, 2.24) is 4.90 Å². The van der Waals surface area contributed by atoms with Crippen LogP contribution in [0, 0.1) is 18.3 Å². The van der Waals surface area contributed by atoms with E-state index in [9.17, 15) is 5.11 Å². The molecule has 0 spiro atoms. The second kappa shape index (κ2) is 7.55. The molecule has 1 N–H and O–H groups in total. The number of aliphatic hydroxyl groups excluding tert-OH is 1. The summed E-state index contributed by atoms with van der Waals surface area (Å²) in [5.41, 5.74) is 3.87. The van der Waals surface area contributed by atoms with E-state index in [0.717, 1.165) is 26.1 Å². The molecule has 1 aliphatic rings. The summed E-state index contributed by atoms with van der Waals surface area (Å²) in [6, 6.07) is 19.3. The SMILES string of the molecule is C=CC1CC1(CN(Cc1ccccc1)Cc1ccc(C)cc1)C(C)O. The first-order chi connectivity index (χ1) is 12.0. The maximum absolute atomic E-state index is 10.4. The van der Waals surface area contributed by atoms with Crippen LogP contribution in [0.5, 0.6) is 0 Å². The van der Waals surface area contributed by atoms with Crippen molar-refractivity contribution in [3.63, 3.8) is 0 Å². The number of benzene rings is 2. The topological polar surface area (TPSA) is 23.5 Å². The Morgan fingerprint density at radius 3 is 2.24 bits per heavy atom. The van der Waals surface area contributed by atoms with Crippen molar-refractivity contribution in [3.8, 4) is 0 Å². The van der Waals surface area contributed by atoms with Gasteiger partial charge in [0.2, 0.25) is 0 Å². The minimum absolute atomic E-state index is 0.0404. The molecule has 2 aromatic rings. The summed E-state index contributed by atoms with van der Waals surface area (Å²) in [6.45, 7) is 10.7. The van der Waals surface area contributed by atoms with Gasteiger partial charge in [0.1, 0.15) is 0 Å². The molecule has 0 heterocycles. The Labute approximate surface area is 151 Å². The highest BCUT2D eigenvalue weighted by Crippen LogP contribution is 2.56. The second-order valence-electron chi connectivity index (χ2n) is 7.57. The van der Waals surface area contributed by atoms with Crippen molar-refractivity contribution in [2.75, 3.05) is 6.54 Å². The zero-order valence-electron chi connectivity index (χ0n) is 15.4. The normalized spacial score (nSPS) is 23.4. The lowest BCUT2D eigenvalue weighted by molar-refractivity contribution is 0.0657. The third-order valence-corrected chi connectivity index (χ3v) is 5.59. The number of aliphatic hydroxyl groups is 1. The standard InChI is InChI=1S/C23H29NO/c1-4-22-14-23(22,19(3)25)17-24(15-20-8-6-5-7-9-20)16-21-12-10-18(2)11-13-21/h4-13,19,22,25H,1,14-17H2,2-3H3. The maximum Gasteiger partial charge on any atom is 0.0586 e. The first kappa shape index (κ1) is 17.9. The van der Waals surface area contributed by atoms with Gasteiger partial charge >= 0.3 is 0 Å². The number of allylic oxidation sites excluding steroid dienone is 1. The second-order valence-corrected chi connectivity index (χ2v) is 7.57. The summed E-state index contributed by atoms with van der Waals surface area (Å²) >= 11 is 0. The minimum Gasteiger partial charge on any atom is -0.393 e. The largest absolute Gasteiger partial charge is 0.393 e. The van der Waals surface area contributed by atoms with Crippen molar-refractivity contribution in [2.45, 2.75) is 39.5 Å². The van der Waals surface area contributed by atoms with E-state index < -0.39 is 0 Å². The molecule has 25 heavy (non-hydrogen) atoms. The minimum atomic E-state index is -0.313. The zero-order valence-corrected chi connectivity index (χ0v) is 15.4. The molecule has 3 unspecified atom stereocenters. The average Bonchev–Trinajstić information content (AvgIpc) is 3.32. The van der Waals surface area contributed by atoms with Crippen LogP contribution in [0.1, 0.15) is 30.0 Å². The first-order valence-electron chi connectivity index (χ1n) is 9.16. The third-order valence-electron chi connectivity index (χ3n) is 5.59. The highest BCUT2D eigenvalue weighted by molar-refractivity contribution is 5.22. The molecule has 0 aromatic heterocycles. The monoisotopic (exact) mass is 335 g/mol. The molecule has 0 saturated heterocycles. The van der Waals surface area contributed by atoms with Crippen LogP contribution in [0.25, 0.3) is 0 Å². The molecule has 2 nitrogen and oxygen atoms in total. The smallest absolute Gasteiger partial charge is 0.0586 e. The van der Waals surface area contributed by atoms with Gasteiger partial charge in [-0.05, 0) is 37.3 Å². The van der Waals surface area contributed by atoms with E-state index >= 15 is 0 Å². The molecule has 0 amide bonds. The van der Waals surface area contributed by atoms with Gasteiger partial charge in [-0.3, -0.25) is 4.90 Å². The molecule has 2 heteroatoms. The first-order valence-corrected chi connectivity index (χ1v) is 9.16. The third kappa shape index (κ3) is 4.20. The predicted octanol–water partition coefficient (Wildman–Crippen LogP) is 4.57. The summed E-state index contributed by atoms with van der Waals surface area (Å²) in [7, 11) is 0. The fourth-order valence-electron chi connectivity index (χ4n) is 3.84. The van der Waals surface area contributed by atoms with Crippen molar-refractivity contribution >= 4 is 0 Å². The molecule has 132 valence electrons. The summed E-state index contributed by atoms with van der Waals surface area (Å²) in [5.74, 6) is 0.420. The van der Waals surface area contributed by atoms with E-state index in [2.05, 4.69) is 73.0 Å². The summed E-state index contributed by atoms with van der Waals surface area (Å²) in [4.78, 5) is 2.47. The lowest BCUT2D eigenvalue weighted by atomic mass is 9.95. The van der Waals surface area contributed by atoms with Gasteiger partial charge in [-0.2, -0.15) is 0 Å². The highest BCUT2D eigenvalue weighted by atomic mass is 16.3. The Balaban J connectivity index is 1.78. The van der Waals surface area contributed by atoms with Gasteiger partial charge in [-0.25, -0.2) is 0 Å². The van der Waals surface area contributed by atoms with E-state index in [1.165, 1.54) is 16.7 Å². The van der Waals surface area contributed by atoms with Crippen LogP contribution in [-0.2, 0) is 13.1 Å². The molecular formula is C23H29NO. The van der Waals surface area contributed by atoms with Gasteiger partial charge in [0.15, 0.2) is 0 Å². The Bertz CT molecular complexity index is 692. The van der Waals surface area contributed by atoms with Gasteiger partial charge in [0, 0.05) is 25.0 Å². The quantitative estimate of drug-likeness (QED) is 0.714. The molecule has 3 rings (SSSR count). The summed E-state index contributed by atoms with van der Waals surface area (Å²) in [5, 5.41) is 10.4. The molecular weight excluding hydrogens is 306 g/mol. The lowest BCUT2D eigenvalue weighted by Gasteiger charge is -2.30. The van der Waals surface area contributed by atoms with Crippen molar-refractivity contribution in [3.05, 3.63) is 83.9 Å². The van der Waals surface area contributed by atoms with E-state index in [0.29, 0.717) is 5.92 Å². The fraction of sp³-hybridized carbons (Fsp3) is 0.391. The molecule has 0 aliphatic heterocycles. The van der Waals surface area contributed by atoms with Crippen LogP contribution in [0.15, 0.2) is 67.3 Å². The molecule has 0 radical (unpaired) electrons. The molecule has 0 bridgehead atoms. The average molecular weight is 335 g/mol. The van der Waals surface area contributed by atoms with Gasteiger partial charge < -0.3 is 5.11 Å². The summed E-state index contributed by atoms with van der Waals surface area (Å²) < 4.78 is 0. The van der Waals surface area contributed by atoms with Crippen LogP contribution in [0.2, 0.25) is 0 Å². The maximum atomic E-state index is 10.4. The number of nitrogens with zero attached hydrogens (tertiary/aromatic N) is 1.